The lowest BCUT2D eigenvalue weighted by atomic mass is 10.0. The number of hydrogen-bond acceptors (Lipinski definition) is 0. The first-order valence-corrected chi connectivity index (χ1v) is 19.3. The van der Waals surface area contributed by atoms with E-state index in [-0.39, 0.29) is 0 Å². The molecule has 0 aliphatic carbocycles. The van der Waals surface area contributed by atoms with Gasteiger partial charge in [0.2, 0.25) is 0 Å². The molecule has 240 valence electrons. The predicted octanol–water partition coefficient (Wildman–Crippen LogP) is 13.4. The smallest absolute Gasteiger partial charge is 0.171 e. The summed E-state index contributed by atoms with van der Waals surface area (Å²) in [4.78, 5) is 0. The van der Waals surface area contributed by atoms with Crippen LogP contribution < -0.4 is 4.57 Å². The lowest BCUT2D eigenvalue weighted by Crippen LogP contribution is -2.34. The third-order valence-corrected chi connectivity index (χ3v) is 9.15. The van der Waals surface area contributed by atoms with Crippen molar-refractivity contribution >= 4 is 0 Å². The molecule has 0 aromatic carbocycles. The molecule has 1 rings (SSSR count). The fraction of sp³-hybridized carbons (Fsp3) is 0.875. The number of rotatable bonds is 32. The molecule has 1 nitrogen and oxygen atoms in total. The number of hydrogen-bond donors (Lipinski definition) is 0. The molecule has 0 bridgehead atoms. The van der Waals surface area contributed by atoms with E-state index < -0.39 is 0 Å². The number of aryl methyl sites for hydroxylation is 3. The quantitative estimate of drug-likeness (QED) is 0.0599. The van der Waals surface area contributed by atoms with Crippen molar-refractivity contribution in [2.45, 2.75) is 226 Å². The van der Waals surface area contributed by atoms with Gasteiger partial charge in [0.05, 0.1) is 0 Å². The van der Waals surface area contributed by atoms with Gasteiger partial charge >= 0.3 is 0 Å². The van der Waals surface area contributed by atoms with Gasteiger partial charge in [-0.25, -0.2) is 4.57 Å². The normalized spacial score (nSPS) is 11.5. The van der Waals surface area contributed by atoms with Gasteiger partial charge in [-0.1, -0.05) is 188 Å². The Morgan fingerprint density at radius 1 is 0.341 bits per heavy atom. The topological polar surface area (TPSA) is 3.88 Å². The monoisotopic (exact) mass is 571 g/mol. The Labute approximate surface area is 260 Å². The molecule has 1 aromatic rings. The number of pyridine rings is 1. The van der Waals surface area contributed by atoms with E-state index in [1.807, 2.05) is 0 Å². The zero-order chi connectivity index (χ0) is 29.5. The minimum Gasteiger partial charge on any atom is -0.205 e. The molecule has 0 aliphatic heterocycles. The summed E-state index contributed by atoms with van der Waals surface area (Å²) in [6.07, 6.45) is 49.1. The second kappa shape index (κ2) is 30.6. The van der Waals surface area contributed by atoms with Crippen LogP contribution in [0.2, 0.25) is 0 Å². The van der Waals surface area contributed by atoms with Crippen molar-refractivity contribution in [1.82, 2.24) is 0 Å². The third kappa shape index (κ3) is 25.4. The third-order valence-electron chi connectivity index (χ3n) is 9.15. The van der Waals surface area contributed by atoms with Gasteiger partial charge in [0.1, 0.15) is 6.54 Å². The molecule has 41 heavy (non-hydrogen) atoms. The van der Waals surface area contributed by atoms with E-state index in [0.717, 1.165) is 0 Å². The molecule has 0 spiro atoms. The molecule has 1 aromatic heterocycles. The van der Waals surface area contributed by atoms with Crippen molar-refractivity contribution in [3.8, 4) is 0 Å². The average molecular weight is 571 g/mol. The second-order valence-electron chi connectivity index (χ2n) is 13.5. The first-order chi connectivity index (χ1) is 20.3. The maximum absolute atomic E-state index is 2.54. The van der Waals surface area contributed by atoms with Crippen LogP contribution in [-0.4, -0.2) is 0 Å². The summed E-state index contributed by atoms with van der Waals surface area (Å²) in [5.41, 5.74) is 3.17. The highest BCUT2D eigenvalue weighted by molar-refractivity contribution is 5.15. The molecule has 0 fully saturated rings. The largest absolute Gasteiger partial charge is 0.205 e. The van der Waals surface area contributed by atoms with Crippen molar-refractivity contribution in [3.05, 3.63) is 29.6 Å². The van der Waals surface area contributed by atoms with Crippen LogP contribution in [0.4, 0.5) is 0 Å². The van der Waals surface area contributed by atoms with E-state index in [4.69, 9.17) is 0 Å². The first-order valence-electron chi connectivity index (χ1n) is 19.3. The maximum Gasteiger partial charge on any atom is 0.171 e. The summed E-state index contributed by atoms with van der Waals surface area (Å²) >= 11 is 0. The zero-order valence-electron chi connectivity index (χ0n) is 28.8. The van der Waals surface area contributed by atoms with Gasteiger partial charge in [-0.3, -0.25) is 0 Å². The summed E-state index contributed by atoms with van der Waals surface area (Å²) in [5, 5.41) is 0. The molecule has 0 atom stereocenters. The Hall–Kier alpha value is -0.850. The number of unbranched alkanes of at least 4 members (excludes halogenated alkanes) is 26. The molecule has 0 amide bonds. The summed E-state index contributed by atoms with van der Waals surface area (Å²) in [6, 6.07) is 2.54. The highest BCUT2D eigenvalue weighted by Crippen LogP contribution is 2.16. The minimum atomic E-state index is 1.16. The Bertz CT molecular complexity index is 600. The Balaban J connectivity index is 2.06. The fourth-order valence-corrected chi connectivity index (χ4v) is 6.48. The molecule has 0 aliphatic rings. The van der Waals surface area contributed by atoms with E-state index in [2.05, 4.69) is 43.8 Å². The SMILES string of the molecule is CCCCCCCCCCCCCCCCc1cc(CCCCCCCCCCCCCCCC)c[n+](CCC)c1. The summed E-state index contributed by atoms with van der Waals surface area (Å²) in [6.45, 7) is 8.09. The Morgan fingerprint density at radius 3 is 0.878 bits per heavy atom. The van der Waals surface area contributed by atoms with E-state index in [1.165, 1.54) is 206 Å². The van der Waals surface area contributed by atoms with E-state index in [9.17, 15) is 0 Å². The molecule has 0 unspecified atom stereocenters. The summed E-state index contributed by atoms with van der Waals surface area (Å²) in [5.74, 6) is 0. The molecule has 1 heterocycles. The van der Waals surface area contributed by atoms with Crippen LogP contribution in [0, 0.1) is 0 Å². The zero-order valence-corrected chi connectivity index (χ0v) is 28.8. The molecule has 0 N–H and O–H groups in total. The van der Waals surface area contributed by atoms with Gasteiger partial charge in [-0.15, -0.1) is 0 Å². The highest BCUT2D eigenvalue weighted by Gasteiger charge is 2.08. The first kappa shape index (κ1) is 38.2. The standard InChI is InChI=1S/C40H76N/c1-4-7-9-11-13-15-17-19-21-23-25-27-29-31-33-39-36-40(38-41(37-39)35-6-3)34-32-30-28-26-24-22-20-18-16-14-12-10-8-5-2/h36-38H,4-35H2,1-3H3/q+1. The molecule has 1 heteroatoms. The summed E-state index contributed by atoms with van der Waals surface area (Å²) in [7, 11) is 0. The van der Waals surface area contributed by atoms with Gasteiger partial charge in [-0.2, -0.15) is 0 Å². The van der Waals surface area contributed by atoms with E-state index in [1.54, 1.807) is 11.1 Å². The van der Waals surface area contributed by atoms with Crippen LogP contribution in [-0.2, 0) is 19.4 Å². The van der Waals surface area contributed by atoms with Crippen LogP contribution in [0.5, 0.6) is 0 Å². The van der Waals surface area contributed by atoms with Crippen molar-refractivity contribution in [3.63, 3.8) is 0 Å². The molecule has 0 saturated carbocycles. The molecular formula is C40H76N+. The average Bonchev–Trinajstić information content (AvgIpc) is 2.97. The van der Waals surface area contributed by atoms with Gasteiger partial charge in [-0.05, 0) is 31.7 Å². The highest BCUT2D eigenvalue weighted by atomic mass is 14.9. The molecular weight excluding hydrogens is 494 g/mol. The van der Waals surface area contributed by atoms with Crippen LogP contribution in [0.15, 0.2) is 18.5 Å². The van der Waals surface area contributed by atoms with Crippen LogP contribution >= 0.6 is 0 Å². The minimum absolute atomic E-state index is 1.16. The lowest BCUT2D eigenvalue weighted by Gasteiger charge is -2.07. The Kier molecular flexibility index (Phi) is 28.5. The van der Waals surface area contributed by atoms with Crippen molar-refractivity contribution in [2.75, 3.05) is 0 Å². The van der Waals surface area contributed by atoms with E-state index >= 15 is 0 Å². The fourth-order valence-electron chi connectivity index (χ4n) is 6.48. The number of nitrogens with zero attached hydrogens (tertiary/aromatic N) is 1. The Morgan fingerprint density at radius 2 is 0.610 bits per heavy atom. The second-order valence-corrected chi connectivity index (χ2v) is 13.5. The summed E-state index contributed by atoms with van der Waals surface area (Å²) < 4.78 is 2.48. The van der Waals surface area contributed by atoms with Crippen LogP contribution in [0.1, 0.15) is 218 Å². The van der Waals surface area contributed by atoms with Gasteiger partial charge in [0.25, 0.3) is 0 Å². The van der Waals surface area contributed by atoms with Crippen LogP contribution in [0.3, 0.4) is 0 Å². The lowest BCUT2D eigenvalue weighted by molar-refractivity contribution is -0.697. The predicted molar refractivity (Wildman–Crippen MR) is 185 cm³/mol. The molecule has 0 saturated heterocycles. The van der Waals surface area contributed by atoms with Crippen molar-refractivity contribution in [1.29, 1.82) is 0 Å². The van der Waals surface area contributed by atoms with Crippen molar-refractivity contribution in [2.24, 2.45) is 0 Å². The van der Waals surface area contributed by atoms with Crippen molar-refractivity contribution < 1.29 is 4.57 Å². The van der Waals surface area contributed by atoms with Crippen LogP contribution in [0.25, 0.3) is 0 Å². The molecule has 0 radical (unpaired) electrons. The van der Waals surface area contributed by atoms with Gasteiger partial charge in [0, 0.05) is 17.5 Å². The number of aromatic nitrogens is 1. The van der Waals surface area contributed by atoms with Gasteiger partial charge in [0.15, 0.2) is 12.4 Å². The van der Waals surface area contributed by atoms with Gasteiger partial charge < -0.3 is 0 Å². The maximum atomic E-state index is 2.54. The van der Waals surface area contributed by atoms with E-state index in [0.29, 0.717) is 0 Å².